The van der Waals surface area contributed by atoms with Crippen molar-refractivity contribution in [3.05, 3.63) is 83.9 Å². The van der Waals surface area contributed by atoms with Gasteiger partial charge in [-0.25, -0.2) is 0 Å². The molecule has 0 fully saturated rings. The predicted octanol–water partition coefficient (Wildman–Crippen LogP) is 4.95. The van der Waals surface area contributed by atoms with Gasteiger partial charge in [0.15, 0.2) is 0 Å². The van der Waals surface area contributed by atoms with Crippen LogP contribution in [0.5, 0.6) is 5.75 Å². The maximum Gasteiger partial charge on any atom is 0.261 e. The van der Waals surface area contributed by atoms with Crippen molar-refractivity contribution < 1.29 is 9.53 Å². The molecular weight excluding hydrogens is 310 g/mol. The molecule has 0 spiro atoms. The van der Waals surface area contributed by atoms with Gasteiger partial charge >= 0.3 is 0 Å². The first-order chi connectivity index (χ1) is 12.1. The molecule has 0 unspecified atom stereocenters. The van der Waals surface area contributed by atoms with E-state index in [1.165, 1.54) is 0 Å². The summed E-state index contributed by atoms with van der Waals surface area (Å²) in [6, 6.07) is 23.6. The molecule has 0 atom stereocenters. The van der Waals surface area contributed by atoms with Gasteiger partial charge in [0.25, 0.3) is 5.91 Å². The highest BCUT2D eigenvalue weighted by Crippen LogP contribution is 2.32. The van der Waals surface area contributed by atoms with Gasteiger partial charge in [0.1, 0.15) is 5.75 Å². The minimum Gasteiger partial charge on any atom is -0.496 e. The summed E-state index contributed by atoms with van der Waals surface area (Å²) in [5.74, 6) is 0.528. The predicted molar refractivity (Wildman–Crippen MR) is 102 cm³/mol. The molecule has 3 aromatic rings. The smallest absolute Gasteiger partial charge is 0.261 e. The van der Waals surface area contributed by atoms with Gasteiger partial charge in [-0.05, 0) is 30.2 Å². The molecule has 0 radical (unpaired) electrons. The number of carbonyl (C=O) groups is 1. The first kappa shape index (κ1) is 16.8. The minimum atomic E-state index is -0.0936. The molecule has 0 aliphatic rings. The summed E-state index contributed by atoms with van der Waals surface area (Å²) < 4.78 is 5.45. The van der Waals surface area contributed by atoms with E-state index in [1.807, 2.05) is 73.7 Å². The van der Waals surface area contributed by atoms with E-state index < -0.39 is 0 Å². The fourth-order valence-corrected chi connectivity index (χ4v) is 3.01. The largest absolute Gasteiger partial charge is 0.496 e. The van der Waals surface area contributed by atoms with Crippen LogP contribution in [0, 0.1) is 6.92 Å². The van der Waals surface area contributed by atoms with Gasteiger partial charge in [0.05, 0.1) is 18.4 Å². The Morgan fingerprint density at radius 3 is 2.28 bits per heavy atom. The van der Waals surface area contributed by atoms with Crippen molar-refractivity contribution in [2.24, 2.45) is 0 Å². The Labute approximate surface area is 148 Å². The zero-order valence-corrected chi connectivity index (χ0v) is 14.7. The van der Waals surface area contributed by atoms with Crippen molar-refractivity contribution in [1.82, 2.24) is 0 Å². The van der Waals surface area contributed by atoms with E-state index >= 15 is 0 Å². The van der Waals surface area contributed by atoms with Crippen LogP contribution < -0.4 is 9.64 Å². The molecular formula is C22H21NO2. The molecule has 3 nitrogen and oxygen atoms in total. The quantitative estimate of drug-likeness (QED) is 0.677. The van der Waals surface area contributed by atoms with Gasteiger partial charge in [0, 0.05) is 12.6 Å². The summed E-state index contributed by atoms with van der Waals surface area (Å²) in [4.78, 5) is 14.8. The zero-order chi connectivity index (χ0) is 17.8. The van der Waals surface area contributed by atoms with E-state index in [1.54, 1.807) is 25.1 Å². The molecule has 0 aliphatic carbocycles. The standard InChI is InChI=1S/C22H21NO2/c1-16-10-9-14-19(21(16)25-3)22(24)23(2)20-15-8-7-13-18(20)17-11-5-4-6-12-17/h4-15H,1-3H3. The average molecular weight is 331 g/mol. The van der Waals surface area contributed by atoms with Crippen LogP contribution in [-0.4, -0.2) is 20.1 Å². The first-order valence-electron chi connectivity index (χ1n) is 8.19. The van der Waals surface area contributed by atoms with Crippen LogP contribution in [-0.2, 0) is 0 Å². The molecule has 3 aromatic carbocycles. The third-order valence-corrected chi connectivity index (χ3v) is 4.30. The fourth-order valence-electron chi connectivity index (χ4n) is 3.01. The Bertz CT molecular complexity index is 888. The van der Waals surface area contributed by atoms with E-state index in [2.05, 4.69) is 0 Å². The van der Waals surface area contributed by atoms with Crippen LogP contribution in [0.15, 0.2) is 72.8 Å². The van der Waals surface area contributed by atoms with Crippen molar-refractivity contribution in [1.29, 1.82) is 0 Å². The Morgan fingerprint density at radius 2 is 1.56 bits per heavy atom. The Hall–Kier alpha value is -3.07. The number of para-hydroxylation sites is 2. The summed E-state index contributed by atoms with van der Waals surface area (Å²) in [6.07, 6.45) is 0. The van der Waals surface area contributed by atoms with Crippen LogP contribution in [0.3, 0.4) is 0 Å². The summed E-state index contributed by atoms with van der Waals surface area (Å²) in [5.41, 5.74) is 4.47. The number of methoxy groups -OCH3 is 1. The van der Waals surface area contributed by atoms with Crippen molar-refractivity contribution in [3.8, 4) is 16.9 Å². The number of hydrogen-bond acceptors (Lipinski definition) is 2. The van der Waals surface area contributed by atoms with Gasteiger partial charge in [-0.15, -0.1) is 0 Å². The minimum absolute atomic E-state index is 0.0936. The maximum absolute atomic E-state index is 13.1. The van der Waals surface area contributed by atoms with Crippen LogP contribution in [0.1, 0.15) is 15.9 Å². The first-order valence-corrected chi connectivity index (χ1v) is 8.19. The van der Waals surface area contributed by atoms with Gasteiger partial charge < -0.3 is 9.64 Å². The van der Waals surface area contributed by atoms with Crippen LogP contribution in [0.2, 0.25) is 0 Å². The highest BCUT2D eigenvalue weighted by Gasteiger charge is 2.21. The molecule has 25 heavy (non-hydrogen) atoms. The third kappa shape index (κ3) is 3.26. The zero-order valence-electron chi connectivity index (χ0n) is 14.7. The summed E-state index contributed by atoms with van der Waals surface area (Å²) >= 11 is 0. The lowest BCUT2D eigenvalue weighted by Crippen LogP contribution is -2.27. The van der Waals surface area contributed by atoms with Crippen LogP contribution >= 0.6 is 0 Å². The summed E-state index contributed by atoms with van der Waals surface area (Å²) in [6.45, 7) is 1.94. The highest BCUT2D eigenvalue weighted by atomic mass is 16.5. The maximum atomic E-state index is 13.1. The van der Waals surface area contributed by atoms with Crippen molar-refractivity contribution >= 4 is 11.6 Å². The Morgan fingerprint density at radius 1 is 0.880 bits per heavy atom. The number of benzene rings is 3. The molecule has 0 N–H and O–H groups in total. The molecule has 0 heterocycles. The SMILES string of the molecule is COc1c(C)cccc1C(=O)N(C)c1ccccc1-c1ccccc1. The molecule has 0 aliphatic heterocycles. The van der Waals surface area contributed by atoms with Gasteiger partial charge in [-0.1, -0.05) is 60.7 Å². The lowest BCUT2D eigenvalue weighted by molar-refractivity contribution is 0.0990. The monoisotopic (exact) mass is 331 g/mol. The highest BCUT2D eigenvalue weighted by molar-refractivity contribution is 6.09. The number of carbonyl (C=O) groups excluding carboxylic acids is 1. The van der Waals surface area contributed by atoms with Crippen LogP contribution in [0.4, 0.5) is 5.69 Å². The number of nitrogens with zero attached hydrogens (tertiary/aromatic N) is 1. The van der Waals surface area contributed by atoms with E-state index in [0.717, 1.165) is 22.4 Å². The topological polar surface area (TPSA) is 29.5 Å². The van der Waals surface area contributed by atoms with E-state index in [0.29, 0.717) is 11.3 Å². The number of rotatable bonds is 4. The van der Waals surface area contributed by atoms with E-state index in [-0.39, 0.29) is 5.91 Å². The number of aryl methyl sites for hydroxylation is 1. The van der Waals surface area contributed by atoms with Crippen molar-refractivity contribution in [2.45, 2.75) is 6.92 Å². The van der Waals surface area contributed by atoms with Gasteiger partial charge in [0.2, 0.25) is 0 Å². The summed E-state index contributed by atoms with van der Waals surface area (Å²) in [7, 11) is 3.39. The number of amides is 1. The second-order valence-corrected chi connectivity index (χ2v) is 5.90. The lowest BCUT2D eigenvalue weighted by Gasteiger charge is -2.22. The molecule has 0 saturated carbocycles. The Balaban J connectivity index is 2.04. The number of hydrogen-bond donors (Lipinski definition) is 0. The molecule has 0 saturated heterocycles. The molecule has 0 aromatic heterocycles. The molecule has 3 rings (SSSR count). The molecule has 3 heteroatoms. The van der Waals surface area contributed by atoms with Crippen molar-refractivity contribution in [3.63, 3.8) is 0 Å². The number of ether oxygens (including phenoxy) is 1. The second kappa shape index (κ2) is 7.22. The normalized spacial score (nSPS) is 10.4. The second-order valence-electron chi connectivity index (χ2n) is 5.90. The van der Waals surface area contributed by atoms with E-state index in [9.17, 15) is 4.79 Å². The average Bonchev–Trinajstić information content (AvgIpc) is 2.67. The molecule has 126 valence electrons. The van der Waals surface area contributed by atoms with Gasteiger partial charge in [-0.2, -0.15) is 0 Å². The van der Waals surface area contributed by atoms with Gasteiger partial charge in [-0.3, -0.25) is 4.79 Å². The fraction of sp³-hybridized carbons (Fsp3) is 0.136. The van der Waals surface area contributed by atoms with Crippen LogP contribution in [0.25, 0.3) is 11.1 Å². The molecule has 1 amide bonds. The number of anilines is 1. The van der Waals surface area contributed by atoms with E-state index in [4.69, 9.17) is 4.74 Å². The molecule has 0 bridgehead atoms. The third-order valence-electron chi connectivity index (χ3n) is 4.30. The summed E-state index contributed by atoms with van der Waals surface area (Å²) in [5, 5.41) is 0. The lowest BCUT2D eigenvalue weighted by atomic mass is 10.0. The van der Waals surface area contributed by atoms with Crippen molar-refractivity contribution in [2.75, 3.05) is 19.1 Å². The Kier molecular flexibility index (Phi) is 4.85.